The van der Waals surface area contributed by atoms with Gasteiger partial charge < -0.3 is 15.4 Å². The van der Waals surface area contributed by atoms with Crippen molar-refractivity contribution in [1.82, 2.24) is 10.6 Å². The predicted octanol–water partition coefficient (Wildman–Crippen LogP) is 3.00. The Bertz CT molecular complexity index is 869. The van der Waals surface area contributed by atoms with Crippen LogP contribution in [0.4, 0.5) is 4.39 Å². The van der Waals surface area contributed by atoms with Gasteiger partial charge in [0.2, 0.25) is 11.8 Å². The lowest BCUT2D eigenvalue weighted by molar-refractivity contribution is -0.130. The summed E-state index contributed by atoms with van der Waals surface area (Å²) >= 11 is 6.38. The number of hydrogen-bond acceptors (Lipinski definition) is 3. The zero-order valence-electron chi connectivity index (χ0n) is 16.0. The van der Waals surface area contributed by atoms with Crippen molar-refractivity contribution in [2.75, 3.05) is 26.3 Å². The van der Waals surface area contributed by atoms with E-state index in [4.69, 9.17) is 16.3 Å². The van der Waals surface area contributed by atoms with Gasteiger partial charge in [0.25, 0.3) is 0 Å². The highest BCUT2D eigenvalue weighted by Crippen LogP contribution is 2.38. The third-order valence-corrected chi connectivity index (χ3v) is 5.49. The molecule has 29 heavy (non-hydrogen) atoms. The van der Waals surface area contributed by atoms with Crippen LogP contribution >= 0.6 is 11.6 Å². The monoisotopic (exact) mass is 418 g/mol. The van der Waals surface area contributed by atoms with Gasteiger partial charge in [0, 0.05) is 31.3 Å². The highest BCUT2D eigenvalue weighted by Gasteiger charge is 2.42. The molecule has 0 unspecified atom stereocenters. The molecule has 0 atom stereocenters. The topological polar surface area (TPSA) is 67.4 Å². The Kier molecular flexibility index (Phi) is 7.23. The van der Waals surface area contributed by atoms with E-state index in [0.717, 1.165) is 5.56 Å². The number of amides is 2. The zero-order valence-corrected chi connectivity index (χ0v) is 16.8. The number of hydrogen-bond donors (Lipinski definition) is 2. The van der Waals surface area contributed by atoms with Gasteiger partial charge in [-0.25, -0.2) is 4.39 Å². The van der Waals surface area contributed by atoms with Gasteiger partial charge in [-0.1, -0.05) is 41.9 Å². The normalized spacial score (nSPS) is 15.5. The van der Waals surface area contributed by atoms with Gasteiger partial charge in [0.15, 0.2) is 0 Å². The van der Waals surface area contributed by atoms with E-state index in [2.05, 4.69) is 10.6 Å². The molecular weight excluding hydrogens is 395 g/mol. The molecule has 2 amide bonds. The fourth-order valence-electron chi connectivity index (χ4n) is 3.63. The smallest absolute Gasteiger partial charge is 0.230 e. The van der Waals surface area contributed by atoms with Crippen LogP contribution in [0.15, 0.2) is 48.5 Å². The molecule has 0 radical (unpaired) electrons. The molecule has 154 valence electrons. The Labute approximate surface area is 174 Å². The second-order valence-electron chi connectivity index (χ2n) is 7.09. The van der Waals surface area contributed by atoms with Crippen molar-refractivity contribution in [3.8, 4) is 0 Å². The first-order valence-electron chi connectivity index (χ1n) is 9.63. The molecule has 1 aliphatic rings. The van der Waals surface area contributed by atoms with Crippen molar-refractivity contribution in [2.45, 2.75) is 24.7 Å². The van der Waals surface area contributed by atoms with E-state index >= 15 is 0 Å². The molecule has 2 aromatic rings. The van der Waals surface area contributed by atoms with Crippen molar-refractivity contribution in [1.29, 1.82) is 0 Å². The molecule has 0 aliphatic carbocycles. The summed E-state index contributed by atoms with van der Waals surface area (Å²) in [4.78, 5) is 25.1. The van der Waals surface area contributed by atoms with E-state index in [1.54, 1.807) is 18.2 Å². The van der Waals surface area contributed by atoms with Crippen LogP contribution in [0, 0.1) is 5.82 Å². The quantitative estimate of drug-likeness (QED) is 0.679. The summed E-state index contributed by atoms with van der Waals surface area (Å²) in [5, 5.41) is 6.23. The number of carbonyl (C=O) groups is 2. The molecule has 1 aliphatic heterocycles. The number of carbonyl (C=O) groups excluding carboxylic acids is 2. The standard InChI is InChI=1S/C22H24ClFN2O3/c23-19-7-2-1-6-18(19)22(8-12-29-13-9-22)21(28)26-11-10-25-20(27)15-16-4-3-5-17(24)14-16/h1-7,14H,8-13,15H2,(H,25,27)(H,26,28). The molecule has 2 N–H and O–H groups in total. The van der Waals surface area contributed by atoms with Crippen LogP contribution in [-0.4, -0.2) is 38.1 Å². The van der Waals surface area contributed by atoms with Crippen molar-refractivity contribution in [2.24, 2.45) is 0 Å². The second kappa shape index (κ2) is 9.85. The molecule has 5 nitrogen and oxygen atoms in total. The second-order valence-corrected chi connectivity index (χ2v) is 7.49. The first kappa shape index (κ1) is 21.3. The third-order valence-electron chi connectivity index (χ3n) is 5.16. The molecule has 0 saturated carbocycles. The minimum Gasteiger partial charge on any atom is -0.381 e. The molecule has 0 spiro atoms. The fourth-order valence-corrected chi connectivity index (χ4v) is 3.95. The molecule has 0 bridgehead atoms. The number of halogens is 2. The molecule has 7 heteroatoms. The van der Waals surface area contributed by atoms with Crippen LogP contribution in [0.5, 0.6) is 0 Å². The molecule has 1 heterocycles. The number of ether oxygens (including phenoxy) is 1. The van der Waals surface area contributed by atoms with Gasteiger partial charge in [-0.2, -0.15) is 0 Å². The maximum absolute atomic E-state index is 13.2. The average molecular weight is 419 g/mol. The minimum absolute atomic E-state index is 0.0899. The maximum atomic E-state index is 13.2. The number of benzene rings is 2. The van der Waals surface area contributed by atoms with Crippen molar-refractivity contribution >= 4 is 23.4 Å². The minimum atomic E-state index is -0.734. The first-order valence-corrected chi connectivity index (χ1v) is 10.0. The van der Waals surface area contributed by atoms with E-state index in [9.17, 15) is 14.0 Å². The van der Waals surface area contributed by atoms with Crippen LogP contribution in [0.2, 0.25) is 5.02 Å². The Hall–Kier alpha value is -2.44. The van der Waals surface area contributed by atoms with Crippen LogP contribution < -0.4 is 10.6 Å². The molecule has 1 fully saturated rings. The van der Waals surface area contributed by atoms with Gasteiger partial charge in [-0.3, -0.25) is 9.59 Å². The van der Waals surface area contributed by atoms with E-state index in [1.807, 2.05) is 18.2 Å². The van der Waals surface area contributed by atoms with E-state index in [-0.39, 0.29) is 30.6 Å². The Balaban J connectivity index is 1.54. The summed E-state index contributed by atoms with van der Waals surface area (Å²) in [6, 6.07) is 13.3. The van der Waals surface area contributed by atoms with Crippen molar-refractivity contribution in [3.63, 3.8) is 0 Å². The highest BCUT2D eigenvalue weighted by atomic mass is 35.5. The SMILES string of the molecule is O=C(Cc1cccc(F)c1)NCCNC(=O)C1(c2ccccc2Cl)CCOCC1. The Morgan fingerprint density at radius 1 is 1.03 bits per heavy atom. The molecule has 2 aromatic carbocycles. The van der Waals surface area contributed by atoms with Gasteiger partial charge in [0.05, 0.1) is 11.8 Å². The van der Waals surface area contributed by atoms with Crippen molar-refractivity contribution in [3.05, 3.63) is 70.5 Å². The van der Waals surface area contributed by atoms with E-state index in [1.165, 1.54) is 12.1 Å². The Morgan fingerprint density at radius 3 is 2.48 bits per heavy atom. The summed E-state index contributed by atoms with van der Waals surface area (Å²) in [7, 11) is 0. The van der Waals surface area contributed by atoms with E-state index < -0.39 is 5.41 Å². The highest BCUT2D eigenvalue weighted by molar-refractivity contribution is 6.31. The van der Waals surface area contributed by atoms with Crippen LogP contribution in [0.1, 0.15) is 24.0 Å². The van der Waals surface area contributed by atoms with Gasteiger partial charge in [-0.05, 0) is 42.2 Å². The van der Waals surface area contributed by atoms with Crippen LogP contribution in [-0.2, 0) is 26.2 Å². The van der Waals surface area contributed by atoms with Gasteiger partial charge in [0.1, 0.15) is 5.82 Å². The van der Waals surface area contributed by atoms with E-state index in [0.29, 0.717) is 43.2 Å². The predicted molar refractivity (Wildman–Crippen MR) is 109 cm³/mol. The van der Waals surface area contributed by atoms with Crippen LogP contribution in [0.3, 0.4) is 0 Å². The van der Waals surface area contributed by atoms with Gasteiger partial charge >= 0.3 is 0 Å². The largest absolute Gasteiger partial charge is 0.381 e. The lowest BCUT2D eigenvalue weighted by atomic mass is 9.73. The average Bonchev–Trinajstić information content (AvgIpc) is 2.72. The summed E-state index contributed by atoms with van der Waals surface area (Å²) in [5.41, 5.74) is 0.673. The summed E-state index contributed by atoms with van der Waals surface area (Å²) in [6.07, 6.45) is 1.19. The lowest BCUT2D eigenvalue weighted by Gasteiger charge is -2.36. The third kappa shape index (κ3) is 5.34. The molecule has 1 saturated heterocycles. The summed E-state index contributed by atoms with van der Waals surface area (Å²) in [6.45, 7) is 1.56. The van der Waals surface area contributed by atoms with Gasteiger partial charge in [-0.15, -0.1) is 0 Å². The lowest BCUT2D eigenvalue weighted by Crippen LogP contribution is -2.49. The maximum Gasteiger partial charge on any atom is 0.230 e. The number of rotatable bonds is 7. The number of nitrogens with one attached hydrogen (secondary N) is 2. The molecule has 0 aromatic heterocycles. The summed E-state index contributed by atoms with van der Waals surface area (Å²) < 4.78 is 18.6. The Morgan fingerprint density at radius 2 is 1.76 bits per heavy atom. The fraction of sp³-hybridized carbons (Fsp3) is 0.364. The van der Waals surface area contributed by atoms with Crippen LogP contribution in [0.25, 0.3) is 0 Å². The van der Waals surface area contributed by atoms with Crippen molar-refractivity contribution < 1.29 is 18.7 Å². The molecule has 3 rings (SSSR count). The zero-order chi connectivity index (χ0) is 20.7. The molecular formula is C22H24ClFN2O3. The first-order chi connectivity index (χ1) is 14.0. The summed E-state index contributed by atoms with van der Waals surface area (Å²) in [5.74, 6) is -0.714.